The van der Waals surface area contributed by atoms with Gasteiger partial charge >= 0.3 is 12.1 Å². The van der Waals surface area contributed by atoms with Gasteiger partial charge in [0, 0.05) is 24.8 Å². The molecule has 4 aromatic rings. The van der Waals surface area contributed by atoms with Crippen LogP contribution in [0.3, 0.4) is 0 Å². The van der Waals surface area contributed by atoms with E-state index in [0.717, 1.165) is 62.4 Å². The number of hydrogen-bond donors (Lipinski definition) is 1. The molecule has 4 aliphatic rings. The third kappa shape index (κ3) is 5.76. The van der Waals surface area contributed by atoms with Gasteiger partial charge in [-0.2, -0.15) is 9.97 Å². The molecular weight excluding hydrogens is 637 g/mol. The van der Waals surface area contributed by atoms with Crippen molar-refractivity contribution >= 4 is 39.5 Å². The van der Waals surface area contributed by atoms with Gasteiger partial charge in [-0.3, -0.25) is 19.6 Å². The van der Waals surface area contributed by atoms with Crippen LogP contribution in [0.2, 0.25) is 0 Å². The number of aromatic nitrogens is 3. The zero-order valence-corrected chi connectivity index (χ0v) is 29.0. The van der Waals surface area contributed by atoms with E-state index < -0.39 is 17.3 Å². The summed E-state index contributed by atoms with van der Waals surface area (Å²) in [5, 5.41) is 2.05. The fraction of sp³-hybridized carbons (Fsp3) is 0.500. The first-order valence-electron chi connectivity index (χ1n) is 17.8. The molecule has 4 saturated heterocycles. The van der Waals surface area contributed by atoms with Crippen molar-refractivity contribution in [2.75, 3.05) is 37.7 Å². The highest BCUT2D eigenvalue weighted by Gasteiger charge is 2.46. The summed E-state index contributed by atoms with van der Waals surface area (Å²) in [6, 6.07) is 11.2. The van der Waals surface area contributed by atoms with Crippen molar-refractivity contribution in [3.8, 4) is 17.3 Å². The second-order valence-corrected chi connectivity index (χ2v) is 15.4. The van der Waals surface area contributed by atoms with E-state index in [1.54, 1.807) is 6.20 Å². The Balaban J connectivity index is 1.21. The SMILES string of the molecule is CC(C)(C)OC(=O)N1C2CCC1CN(c1nc(OCC34CCCN3CCC4)nc3c(F)c(-c4cccc5cccc(CC(N)=O)c45)ncc13)C2. The topological polar surface area (TPSA) is 127 Å². The molecule has 11 nitrogen and oxygen atoms in total. The van der Waals surface area contributed by atoms with Gasteiger partial charge in [0.15, 0.2) is 5.82 Å². The molecule has 0 aliphatic carbocycles. The molecule has 6 heterocycles. The van der Waals surface area contributed by atoms with Gasteiger partial charge in [0.25, 0.3) is 0 Å². The Morgan fingerprint density at radius 3 is 2.40 bits per heavy atom. The number of halogens is 1. The average molecular weight is 682 g/mol. The normalized spacial score (nSPS) is 21.6. The minimum Gasteiger partial charge on any atom is -0.461 e. The van der Waals surface area contributed by atoms with Crippen molar-refractivity contribution in [3.05, 3.63) is 54.0 Å². The van der Waals surface area contributed by atoms with Gasteiger partial charge in [-0.15, -0.1) is 0 Å². The number of ether oxygens (including phenoxy) is 2. The number of carbonyl (C=O) groups excluding carboxylic acids is 2. The largest absolute Gasteiger partial charge is 0.461 e. The van der Waals surface area contributed by atoms with Gasteiger partial charge in [-0.05, 0) is 88.7 Å². The van der Waals surface area contributed by atoms with Crippen LogP contribution in [-0.2, 0) is 16.0 Å². The molecule has 0 saturated carbocycles. The second-order valence-electron chi connectivity index (χ2n) is 15.4. The van der Waals surface area contributed by atoms with E-state index in [1.807, 2.05) is 62.1 Å². The molecule has 2 bridgehead atoms. The number of anilines is 1. The zero-order chi connectivity index (χ0) is 34.8. The number of nitrogens with zero attached hydrogens (tertiary/aromatic N) is 6. The average Bonchev–Trinajstić information content (AvgIpc) is 3.73. The van der Waals surface area contributed by atoms with Gasteiger partial charge in [0.2, 0.25) is 5.91 Å². The minimum absolute atomic E-state index is 0.0181. The number of fused-ring (bicyclic) bond motifs is 5. The summed E-state index contributed by atoms with van der Waals surface area (Å²) in [5.41, 5.74) is 6.46. The van der Waals surface area contributed by atoms with Crippen LogP contribution in [0.25, 0.3) is 32.9 Å². The number of nitrogens with two attached hydrogens (primary N) is 1. The van der Waals surface area contributed by atoms with E-state index in [1.165, 1.54) is 0 Å². The van der Waals surface area contributed by atoms with Crippen molar-refractivity contribution in [3.63, 3.8) is 0 Å². The van der Waals surface area contributed by atoms with E-state index in [-0.39, 0.29) is 47.4 Å². The Labute approximate surface area is 290 Å². The highest BCUT2D eigenvalue weighted by Crippen LogP contribution is 2.41. The lowest BCUT2D eigenvalue weighted by Crippen LogP contribution is -2.57. The van der Waals surface area contributed by atoms with Crippen LogP contribution in [0.1, 0.15) is 64.9 Å². The first-order valence-corrected chi connectivity index (χ1v) is 17.8. The summed E-state index contributed by atoms with van der Waals surface area (Å²) in [6.07, 6.45) is 7.41. The maximum absolute atomic E-state index is 17.1. The highest BCUT2D eigenvalue weighted by molar-refractivity contribution is 6.02. The Bertz CT molecular complexity index is 1970. The fourth-order valence-electron chi connectivity index (χ4n) is 8.81. The number of hydrogen-bond acceptors (Lipinski definition) is 9. The summed E-state index contributed by atoms with van der Waals surface area (Å²) >= 11 is 0. The molecule has 4 fully saturated rings. The molecule has 2 N–H and O–H groups in total. The molecule has 8 rings (SSSR count). The smallest absolute Gasteiger partial charge is 0.410 e. The Kier molecular flexibility index (Phi) is 8.04. The number of rotatable bonds is 7. The molecule has 2 unspecified atom stereocenters. The quantitative estimate of drug-likeness (QED) is 0.265. The van der Waals surface area contributed by atoms with E-state index in [2.05, 4.69) is 9.80 Å². The Morgan fingerprint density at radius 2 is 1.72 bits per heavy atom. The molecule has 0 spiro atoms. The lowest BCUT2D eigenvalue weighted by atomic mass is 9.95. The maximum atomic E-state index is 17.1. The number of pyridine rings is 1. The highest BCUT2D eigenvalue weighted by atomic mass is 19.1. The monoisotopic (exact) mass is 681 g/mol. The molecule has 2 atom stereocenters. The van der Waals surface area contributed by atoms with Crippen molar-refractivity contribution in [1.29, 1.82) is 0 Å². The number of carbonyl (C=O) groups is 2. The van der Waals surface area contributed by atoms with Gasteiger partial charge in [-0.1, -0.05) is 36.4 Å². The van der Waals surface area contributed by atoms with Gasteiger partial charge in [0.1, 0.15) is 29.2 Å². The number of benzene rings is 2. The molecule has 2 aromatic carbocycles. The summed E-state index contributed by atoms with van der Waals surface area (Å²) in [5.74, 6) is -0.515. The van der Waals surface area contributed by atoms with Crippen LogP contribution >= 0.6 is 0 Å². The Hall–Kier alpha value is -4.58. The Morgan fingerprint density at radius 1 is 1.02 bits per heavy atom. The lowest BCUT2D eigenvalue weighted by Gasteiger charge is -2.42. The van der Waals surface area contributed by atoms with E-state index in [9.17, 15) is 9.59 Å². The molecule has 0 radical (unpaired) electrons. The molecule has 2 amide bonds. The lowest BCUT2D eigenvalue weighted by molar-refractivity contribution is -0.117. The molecule has 12 heteroatoms. The van der Waals surface area contributed by atoms with Crippen molar-refractivity contribution in [2.24, 2.45) is 5.73 Å². The van der Waals surface area contributed by atoms with Crippen molar-refractivity contribution < 1.29 is 23.5 Å². The maximum Gasteiger partial charge on any atom is 0.410 e. The van der Waals surface area contributed by atoms with Crippen LogP contribution in [0.5, 0.6) is 6.01 Å². The van der Waals surface area contributed by atoms with Crippen LogP contribution in [0.15, 0.2) is 42.6 Å². The molecule has 4 aliphatic heterocycles. The van der Waals surface area contributed by atoms with Crippen molar-refractivity contribution in [2.45, 2.75) is 88.9 Å². The molecule has 262 valence electrons. The van der Waals surface area contributed by atoms with Gasteiger partial charge in [0.05, 0.1) is 29.4 Å². The molecule has 50 heavy (non-hydrogen) atoms. The van der Waals surface area contributed by atoms with Crippen LogP contribution in [-0.4, -0.2) is 92.8 Å². The van der Waals surface area contributed by atoms with Crippen molar-refractivity contribution in [1.82, 2.24) is 24.8 Å². The van der Waals surface area contributed by atoms with E-state index in [4.69, 9.17) is 30.2 Å². The summed E-state index contributed by atoms with van der Waals surface area (Å²) < 4.78 is 29.3. The number of amides is 2. The molecular formula is C38H44FN7O4. The minimum atomic E-state index is -0.595. The van der Waals surface area contributed by atoms with Gasteiger partial charge in [-0.25, -0.2) is 9.18 Å². The van der Waals surface area contributed by atoms with Crippen LogP contribution in [0, 0.1) is 5.82 Å². The van der Waals surface area contributed by atoms with Gasteiger partial charge < -0.3 is 20.1 Å². The predicted octanol–water partition coefficient (Wildman–Crippen LogP) is 5.61. The number of piperazine rings is 1. The third-order valence-electron chi connectivity index (χ3n) is 10.9. The van der Waals surface area contributed by atoms with Crippen LogP contribution in [0.4, 0.5) is 15.0 Å². The fourth-order valence-corrected chi connectivity index (χ4v) is 8.81. The zero-order valence-electron chi connectivity index (χ0n) is 29.0. The van der Waals surface area contributed by atoms with E-state index in [0.29, 0.717) is 42.0 Å². The number of primary amides is 1. The molecule has 2 aromatic heterocycles. The second kappa shape index (κ2) is 12.3. The summed E-state index contributed by atoms with van der Waals surface area (Å²) in [6.45, 7) is 9.22. The summed E-state index contributed by atoms with van der Waals surface area (Å²) in [4.78, 5) is 46.1. The third-order valence-corrected chi connectivity index (χ3v) is 10.9. The first kappa shape index (κ1) is 32.6. The first-order chi connectivity index (χ1) is 24.0. The van der Waals surface area contributed by atoms with Crippen LogP contribution < -0.4 is 15.4 Å². The predicted molar refractivity (Wildman–Crippen MR) is 188 cm³/mol. The standard InChI is InChI=1S/C38H44FN7O4/c1-37(2,3)50-36(48)46-25-12-13-26(46)21-44(20-25)34-28-19-41-32(27-11-5-9-23-8-4-10-24(30(23)27)18-29(40)47)31(39)33(28)42-35(43-34)49-22-38-14-6-16-45(38)17-7-15-38/h4-5,8-11,19,25-26H,6-7,12-18,20-22H2,1-3H3,(H2,40,47). The summed E-state index contributed by atoms with van der Waals surface area (Å²) in [7, 11) is 0. The van der Waals surface area contributed by atoms with E-state index >= 15 is 4.39 Å².